The van der Waals surface area contributed by atoms with Crippen molar-refractivity contribution in [2.45, 2.75) is 26.3 Å². The zero-order valence-corrected chi connectivity index (χ0v) is 15.5. The van der Waals surface area contributed by atoms with Gasteiger partial charge in [-0.1, -0.05) is 62.4 Å². The van der Waals surface area contributed by atoms with Gasteiger partial charge in [-0.15, -0.1) is 0 Å². The Morgan fingerprint density at radius 2 is 1.67 bits per heavy atom. The lowest BCUT2D eigenvalue weighted by molar-refractivity contribution is -0.141. The highest BCUT2D eigenvalue weighted by atomic mass is 16.5. The van der Waals surface area contributed by atoms with Gasteiger partial charge in [0, 0.05) is 18.4 Å². The number of amides is 1. The lowest BCUT2D eigenvalue weighted by Crippen LogP contribution is -2.49. The highest BCUT2D eigenvalue weighted by Crippen LogP contribution is 2.49. The maximum absolute atomic E-state index is 12.6. The fraction of sp³-hybridized carbons (Fsp3) is 0.273. The minimum absolute atomic E-state index is 0.0136. The maximum Gasteiger partial charge on any atom is 0.343 e. The van der Waals surface area contributed by atoms with Crippen molar-refractivity contribution in [3.05, 3.63) is 83.7 Å². The molecule has 1 saturated heterocycles. The van der Waals surface area contributed by atoms with E-state index in [1.54, 1.807) is 35.5 Å². The van der Waals surface area contributed by atoms with Crippen molar-refractivity contribution in [2.75, 3.05) is 6.54 Å². The van der Waals surface area contributed by atoms with Crippen LogP contribution in [0.3, 0.4) is 0 Å². The molecule has 2 heterocycles. The summed E-state index contributed by atoms with van der Waals surface area (Å²) in [5.41, 5.74) is 1.08. The first-order valence-electron chi connectivity index (χ1n) is 9.11. The Morgan fingerprint density at radius 1 is 1.04 bits per heavy atom. The number of esters is 1. The van der Waals surface area contributed by atoms with Crippen LogP contribution in [0.1, 0.15) is 42.2 Å². The molecule has 0 N–H and O–H groups in total. The maximum atomic E-state index is 12.6. The molecule has 5 heteroatoms. The van der Waals surface area contributed by atoms with E-state index in [1.165, 1.54) is 0 Å². The molecule has 1 amide bonds. The molecule has 138 valence electrons. The van der Waals surface area contributed by atoms with Crippen molar-refractivity contribution in [3.8, 4) is 0 Å². The SMILES string of the molecule is CC1(C)C(OC(=O)c2ccccc2)=CN2C(=O)CCN2C1c1ccccc1. The van der Waals surface area contributed by atoms with Crippen LogP contribution in [0.2, 0.25) is 0 Å². The molecule has 1 atom stereocenters. The van der Waals surface area contributed by atoms with Gasteiger partial charge in [-0.3, -0.25) is 4.79 Å². The van der Waals surface area contributed by atoms with E-state index in [1.807, 2.05) is 24.3 Å². The Bertz CT molecular complexity index is 890. The number of hydrogen-bond acceptors (Lipinski definition) is 4. The summed E-state index contributed by atoms with van der Waals surface area (Å²) in [6.07, 6.45) is 2.13. The Balaban J connectivity index is 1.73. The summed E-state index contributed by atoms with van der Waals surface area (Å²) in [5, 5.41) is 3.67. The fourth-order valence-corrected chi connectivity index (χ4v) is 3.88. The third kappa shape index (κ3) is 3.04. The van der Waals surface area contributed by atoms with Crippen LogP contribution in [-0.4, -0.2) is 28.4 Å². The Hall–Kier alpha value is -2.92. The van der Waals surface area contributed by atoms with Gasteiger partial charge in [0.25, 0.3) is 0 Å². The van der Waals surface area contributed by atoms with Crippen LogP contribution < -0.4 is 0 Å². The minimum atomic E-state index is -0.493. The zero-order chi connectivity index (χ0) is 19.0. The quantitative estimate of drug-likeness (QED) is 0.777. The summed E-state index contributed by atoms with van der Waals surface area (Å²) in [6, 6.07) is 18.8. The van der Waals surface area contributed by atoms with Crippen LogP contribution in [0.25, 0.3) is 0 Å². The van der Waals surface area contributed by atoms with Crippen molar-refractivity contribution in [1.29, 1.82) is 0 Å². The number of fused-ring (bicyclic) bond motifs is 1. The van der Waals surface area contributed by atoms with Gasteiger partial charge in [-0.25, -0.2) is 14.8 Å². The van der Waals surface area contributed by atoms with Gasteiger partial charge in [-0.2, -0.15) is 0 Å². The van der Waals surface area contributed by atoms with Crippen LogP contribution >= 0.6 is 0 Å². The molecule has 2 aromatic rings. The van der Waals surface area contributed by atoms with Crippen LogP contribution in [0.15, 0.2) is 72.6 Å². The van der Waals surface area contributed by atoms with E-state index in [-0.39, 0.29) is 11.9 Å². The standard InChI is InChI=1S/C22H22N2O3/c1-22(2)18(27-21(26)17-11-7-4-8-12-17)15-24-19(25)13-14-23(24)20(22)16-9-5-3-6-10-16/h3-12,15,20H,13-14H2,1-2H3. The van der Waals surface area contributed by atoms with Crippen molar-refractivity contribution in [1.82, 2.24) is 10.0 Å². The number of rotatable bonds is 3. The summed E-state index contributed by atoms with van der Waals surface area (Å²) in [6.45, 7) is 4.75. The molecule has 0 spiro atoms. The summed E-state index contributed by atoms with van der Waals surface area (Å²) in [7, 11) is 0. The number of carbonyl (C=O) groups is 2. The average molecular weight is 362 g/mol. The predicted molar refractivity (Wildman–Crippen MR) is 101 cm³/mol. The normalized spacial score (nSPS) is 21.6. The third-order valence-corrected chi connectivity index (χ3v) is 5.27. The van der Waals surface area contributed by atoms with Gasteiger partial charge in [0.1, 0.15) is 5.76 Å². The topological polar surface area (TPSA) is 49.9 Å². The molecule has 1 unspecified atom stereocenters. The van der Waals surface area contributed by atoms with Gasteiger partial charge in [0.15, 0.2) is 0 Å². The molecule has 5 nitrogen and oxygen atoms in total. The smallest absolute Gasteiger partial charge is 0.343 e. The number of nitrogens with zero attached hydrogens (tertiary/aromatic N) is 2. The van der Waals surface area contributed by atoms with Crippen molar-refractivity contribution < 1.29 is 14.3 Å². The van der Waals surface area contributed by atoms with Gasteiger partial charge in [0.05, 0.1) is 17.8 Å². The number of hydrazine groups is 1. The fourth-order valence-electron chi connectivity index (χ4n) is 3.88. The minimum Gasteiger partial charge on any atom is -0.425 e. The number of carbonyl (C=O) groups excluding carboxylic acids is 2. The predicted octanol–water partition coefficient (Wildman–Crippen LogP) is 3.92. The van der Waals surface area contributed by atoms with Gasteiger partial charge in [-0.05, 0) is 17.7 Å². The van der Waals surface area contributed by atoms with E-state index in [0.717, 1.165) is 5.56 Å². The van der Waals surface area contributed by atoms with E-state index in [9.17, 15) is 9.59 Å². The van der Waals surface area contributed by atoms with Crippen LogP contribution in [0.4, 0.5) is 0 Å². The van der Waals surface area contributed by atoms with Crippen LogP contribution in [0, 0.1) is 5.41 Å². The van der Waals surface area contributed by atoms with Gasteiger partial charge in [0.2, 0.25) is 5.91 Å². The van der Waals surface area contributed by atoms with Crippen molar-refractivity contribution >= 4 is 11.9 Å². The molecule has 0 bridgehead atoms. The summed E-state index contributed by atoms with van der Waals surface area (Å²) in [4.78, 5) is 25.0. The first kappa shape index (κ1) is 17.5. The second kappa shape index (κ2) is 6.67. The number of hydrogen-bond donors (Lipinski definition) is 0. The second-order valence-corrected chi connectivity index (χ2v) is 7.44. The molecule has 0 saturated carbocycles. The molecular formula is C22H22N2O3. The van der Waals surface area contributed by atoms with E-state index in [0.29, 0.717) is 24.3 Å². The molecule has 2 aliphatic rings. The van der Waals surface area contributed by atoms with E-state index >= 15 is 0 Å². The van der Waals surface area contributed by atoms with E-state index < -0.39 is 11.4 Å². The van der Waals surface area contributed by atoms with Crippen molar-refractivity contribution in [2.24, 2.45) is 5.41 Å². The Labute approximate surface area is 158 Å². The summed E-state index contributed by atoms with van der Waals surface area (Å²) in [5.74, 6) is 0.0956. The lowest BCUT2D eigenvalue weighted by atomic mass is 9.77. The monoisotopic (exact) mass is 362 g/mol. The molecule has 27 heavy (non-hydrogen) atoms. The van der Waals surface area contributed by atoms with E-state index in [4.69, 9.17) is 4.74 Å². The first-order chi connectivity index (χ1) is 13.0. The molecule has 1 fully saturated rings. The second-order valence-electron chi connectivity index (χ2n) is 7.44. The van der Waals surface area contributed by atoms with Crippen LogP contribution in [0.5, 0.6) is 0 Å². The number of benzene rings is 2. The molecule has 0 radical (unpaired) electrons. The highest BCUT2D eigenvalue weighted by molar-refractivity contribution is 5.90. The van der Waals surface area contributed by atoms with E-state index in [2.05, 4.69) is 31.0 Å². The van der Waals surface area contributed by atoms with Crippen LogP contribution in [-0.2, 0) is 9.53 Å². The van der Waals surface area contributed by atoms with Gasteiger partial charge < -0.3 is 4.74 Å². The largest absolute Gasteiger partial charge is 0.425 e. The summed E-state index contributed by atoms with van der Waals surface area (Å²) < 4.78 is 5.80. The lowest BCUT2D eigenvalue weighted by Gasteiger charge is -2.47. The Kier molecular flexibility index (Phi) is 4.32. The summed E-state index contributed by atoms with van der Waals surface area (Å²) >= 11 is 0. The molecular weight excluding hydrogens is 340 g/mol. The molecule has 2 aromatic carbocycles. The molecule has 2 aliphatic heterocycles. The third-order valence-electron chi connectivity index (χ3n) is 5.27. The molecule has 0 aromatic heterocycles. The molecule has 4 rings (SSSR count). The van der Waals surface area contributed by atoms with Gasteiger partial charge >= 0.3 is 5.97 Å². The average Bonchev–Trinajstić information content (AvgIpc) is 3.03. The Morgan fingerprint density at radius 3 is 2.33 bits per heavy atom. The highest BCUT2D eigenvalue weighted by Gasteiger charge is 2.49. The number of ether oxygens (including phenoxy) is 1. The first-order valence-corrected chi connectivity index (χ1v) is 9.11. The zero-order valence-electron chi connectivity index (χ0n) is 15.5. The molecule has 0 aliphatic carbocycles. The van der Waals surface area contributed by atoms with Crippen molar-refractivity contribution in [3.63, 3.8) is 0 Å².